The molecule has 0 saturated carbocycles. The van der Waals surface area contributed by atoms with Crippen molar-refractivity contribution >= 4 is 34.1 Å². The van der Waals surface area contributed by atoms with Crippen LogP contribution in [0.2, 0.25) is 0 Å². The molecular formula is C20H23NO3S2. The minimum atomic E-state index is -0.368. The van der Waals surface area contributed by atoms with Crippen molar-refractivity contribution in [1.29, 1.82) is 0 Å². The number of nitro benzene ring substituents is 1. The van der Waals surface area contributed by atoms with Gasteiger partial charge in [-0.1, -0.05) is 32.1 Å². The molecule has 0 aliphatic rings. The Morgan fingerprint density at radius 3 is 2.27 bits per heavy atom. The van der Waals surface area contributed by atoms with E-state index in [4.69, 9.17) is 4.74 Å². The Kier molecular flexibility index (Phi) is 8.06. The van der Waals surface area contributed by atoms with Crippen molar-refractivity contribution in [3.05, 3.63) is 75.8 Å². The normalized spacial score (nSPS) is 12.7. The number of hydrogen-bond acceptors (Lipinski definition) is 5. The van der Waals surface area contributed by atoms with Gasteiger partial charge in [0.25, 0.3) is 5.69 Å². The monoisotopic (exact) mass is 389 g/mol. The third-order valence-electron chi connectivity index (χ3n) is 3.76. The molecule has 1 unspecified atom stereocenters. The maximum Gasteiger partial charge on any atom is 0.269 e. The second kappa shape index (κ2) is 10.3. The van der Waals surface area contributed by atoms with E-state index in [9.17, 15) is 10.1 Å². The van der Waals surface area contributed by atoms with Gasteiger partial charge in [0.2, 0.25) is 0 Å². The third-order valence-corrected chi connectivity index (χ3v) is 5.83. The molecule has 26 heavy (non-hydrogen) atoms. The highest BCUT2D eigenvalue weighted by molar-refractivity contribution is 8.08. The summed E-state index contributed by atoms with van der Waals surface area (Å²) in [7, 11) is 1.66. The Balaban J connectivity index is 2.35. The van der Waals surface area contributed by atoms with Crippen LogP contribution < -0.4 is 4.74 Å². The Morgan fingerprint density at radius 2 is 1.77 bits per heavy atom. The highest BCUT2D eigenvalue weighted by atomic mass is 32.2. The van der Waals surface area contributed by atoms with Crippen LogP contribution in [0.3, 0.4) is 0 Å². The van der Waals surface area contributed by atoms with Crippen molar-refractivity contribution < 1.29 is 9.66 Å². The molecule has 0 N–H and O–H groups in total. The standard InChI is InChI=1S/C20H23NO3S2/c1-4-25-19(15-6-10-17(11-7-15)21(22)23)14-20(26-5-2)16-8-12-18(24-3)13-9-16/h6-14,20H,4-5H2,1-3H3/b19-14+. The van der Waals surface area contributed by atoms with Crippen LogP contribution in [0.4, 0.5) is 5.69 Å². The van der Waals surface area contributed by atoms with Crippen LogP contribution in [0, 0.1) is 10.1 Å². The van der Waals surface area contributed by atoms with Gasteiger partial charge in [0, 0.05) is 22.3 Å². The van der Waals surface area contributed by atoms with Gasteiger partial charge < -0.3 is 4.74 Å². The van der Waals surface area contributed by atoms with Crippen LogP contribution >= 0.6 is 23.5 Å². The fourth-order valence-electron chi connectivity index (χ4n) is 2.48. The number of benzene rings is 2. The van der Waals surface area contributed by atoms with Crippen LogP contribution in [0.15, 0.2) is 54.6 Å². The second-order valence-electron chi connectivity index (χ2n) is 5.42. The lowest BCUT2D eigenvalue weighted by Gasteiger charge is -2.16. The molecule has 0 aliphatic carbocycles. The van der Waals surface area contributed by atoms with Gasteiger partial charge in [-0.25, -0.2) is 0 Å². The molecule has 4 nitrogen and oxygen atoms in total. The van der Waals surface area contributed by atoms with Gasteiger partial charge in [0.05, 0.1) is 12.0 Å². The van der Waals surface area contributed by atoms with E-state index in [1.54, 1.807) is 31.0 Å². The van der Waals surface area contributed by atoms with E-state index in [1.165, 1.54) is 5.56 Å². The van der Waals surface area contributed by atoms with Crippen LogP contribution in [-0.4, -0.2) is 23.5 Å². The molecule has 2 aromatic carbocycles. The molecule has 0 radical (unpaired) electrons. The van der Waals surface area contributed by atoms with Gasteiger partial charge in [-0.05, 0) is 46.9 Å². The van der Waals surface area contributed by atoms with E-state index in [0.29, 0.717) is 0 Å². The van der Waals surface area contributed by atoms with Crippen molar-refractivity contribution in [1.82, 2.24) is 0 Å². The summed E-state index contributed by atoms with van der Waals surface area (Å²) in [6, 6.07) is 14.9. The summed E-state index contributed by atoms with van der Waals surface area (Å²) >= 11 is 3.61. The summed E-state index contributed by atoms with van der Waals surface area (Å²) in [6.45, 7) is 4.26. The van der Waals surface area contributed by atoms with Crippen molar-refractivity contribution in [2.24, 2.45) is 0 Å². The summed E-state index contributed by atoms with van der Waals surface area (Å²) < 4.78 is 5.25. The van der Waals surface area contributed by atoms with Gasteiger partial charge in [-0.15, -0.1) is 23.5 Å². The van der Waals surface area contributed by atoms with Crippen molar-refractivity contribution in [2.75, 3.05) is 18.6 Å². The van der Waals surface area contributed by atoms with Crippen LogP contribution in [-0.2, 0) is 0 Å². The first-order chi connectivity index (χ1) is 12.6. The molecule has 0 spiro atoms. The largest absolute Gasteiger partial charge is 0.497 e. The fourth-order valence-corrected chi connectivity index (χ4v) is 4.35. The summed E-state index contributed by atoms with van der Waals surface area (Å²) in [5.74, 6) is 2.78. The first kappa shape index (κ1) is 20.4. The van der Waals surface area contributed by atoms with Gasteiger partial charge in [-0.3, -0.25) is 10.1 Å². The number of hydrogen-bond donors (Lipinski definition) is 0. The molecule has 0 saturated heterocycles. The third kappa shape index (κ3) is 5.54. The van der Waals surface area contributed by atoms with E-state index in [-0.39, 0.29) is 15.9 Å². The Morgan fingerprint density at radius 1 is 1.12 bits per heavy atom. The first-order valence-electron chi connectivity index (χ1n) is 8.44. The smallest absolute Gasteiger partial charge is 0.269 e. The molecule has 138 valence electrons. The number of rotatable bonds is 9. The fraction of sp³-hybridized carbons (Fsp3) is 0.300. The highest BCUT2D eigenvalue weighted by Gasteiger charge is 2.13. The summed E-state index contributed by atoms with van der Waals surface area (Å²) in [6.07, 6.45) is 2.26. The lowest BCUT2D eigenvalue weighted by atomic mass is 10.1. The minimum Gasteiger partial charge on any atom is -0.497 e. The van der Waals surface area contributed by atoms with E-state index in [1.807, 2.05) is 36.0 Å². The topological polar surface area (TPSA) is 52.4 Å². The number of methoxy groups -OCH3 is 1. The van der Waals surface area contributed by atoms with Crippen LogP contribution in [0.1, 0.15) is 30.2 Å². The average molecular weight is 390 g/mol. The second-order valence-corrected chi connectivity index (χ2v) is 8.14. The van der Waals surface area contributed by atoms with E-state index in [2.05, 4.69) is 32.1 Å². The molecule has 6 heteroatoms. The molecule has 0 heterocycles. The van der Waals surface area contributed by atoms with Crippen LogP contribution in [0.5, 0.6) is 5.75 Å². The first-order valence-corrected chi connectivity index (χ1v) is 10.5. The SMILES string of the molecule is CCS/C(=C/C(SCC)c1ccc(OC)cc1)c1ccc([N+](=O)[O-])cc1. The lowest BCUT2D eigenvalue weighted by molar-refractivity contribution is -0.384. The van der Waals surface area contributed by atoms with Crippen molar-refractivity contribution in [2.45, 2.75) is 19.1 Å². The molecule has 0 bridgehead atoms. The summed E-state index contributed by atoms with van der Waals surface area (Å²) in [5, 5.41) is 11.1. The van der Waals surface area contributed by atoms with Gasteiger partial charge in [0.1, 0.15) is 5.75 Å². The molecule has 2 aromatic rings. The zero-order valence-corrected chi connectivity index (χ0v) is 16.8. The average Bonchev–Trinajstić information content (AvgIpc) is 2.67. The van der Waals surface area contributed by atoms with Crippen molar-refractivity contribution in [3.8, 4) is 5.75 Å². The summed E-state index contributed by atoms with van der Waals surface area (Å²) in [4.78, 5) is 11.7. The summed E-state index contributed by atoms with van der Waals surface area (Å²) in [5.41, 5.74) is 2.34. The molecule has 2 rings (SSSR count). The zero-order chi connectivity index (χ0) is 18.9. The quantitative estimate of drug-likeness (QED) is 0.378. The minimum absolute atomic E-state index is 0.115. The number of nitrogens with zero attached hydrogens (tertiary/aromatic N) is 1. The molecule has 0 aliphatic heterocycles. The van der Waals surface area contributed by atoms with E-state index >= 15 is 0 Å². The Bertz CT molecular complexity index is 743. The van der Waals surface area contributed by atoms with Gasteiger partial charge in [-0.2, -0.15) is 0 Å². The predicted octanol–water partition coefficient (Wildman–Crippen LogP) is 6.19. The van der Waals surface area contributed by atoms with E-state index in [0.717, 1.165) is 27.7 Å². The van der Waals surface area contributed by atoms with Crippen LogP contribution in [0.25, 0.3) is 4.91 Å². The molecule has 0 aromatic heterocycles. The predicted molar refractivity (Wildman–Crippen MR) is 113 cm³/mol. The zero-order valence-electron chi connectivity index (χ0n) is 15.2. The maximum atomic E-state index is 10.9. The molecular weight excluding hydrogens is 366 g/mol. The number of non-ortho nitro benzene ring substituents is 1. The highest BCUT2D eigenvalue weighted by Crippen LogP contribution is 2.37. The molecule has 0 amide bonds. The Hall–Kier alpha value is -1.92. The molecule has 1 atom stereocenters. The number of nitro groups is 1. The van der Waals surface area contributed by atoms with E-state index < -0.39 is 0 Å². The van der Waals surface area contributed by atoms with Gasteiger partial charge >= 0.3 is 0 Å². The number of thioether (sulfide) groups is 2. The number of ether oxygens (including phenoxy) is 1. The van der Waals surface area contributed by atoms with Crippen molar-refractivity contribution in [3.63, 3.8) is 0 Å². The molecule has 0 fully saturated rings. The van der Waals surface area contributed by atoms with Gasteiger partial charge in [0.15, 0.2) is 0 Å². The Labute approximate surface area is 163 Å². The lowest BCUT2D eigenvalue weighted by Crippen LogP contribution is -1.94. The maximum absolute atomic E-state index is 10.9.